The number of benzene rings is 1. The summed E-state index contributed by atoms with van der Waals surface area (Å²) >= 11 is 0. The second-order valence-electron chi connectivity index (χ2n) is 7.45. The van der Waals surface area contributed by atoms with Crippen molar-refractivity contribution in [3.05, 3.63) is 47.8 Å². The molecule has 28 heavy (non-hydrogen) atoms. The Morgan fingerprint density at radius 2 is 1.68 bits per heavy atom. The molecular weight excluding hydrogens is 358 g/mol. The summed E-state index contributed by atoms with van der Waals surface area (Å²) in [6.45, 7) is 5.34. The van der Waals surface area contributed by atoms with Crippen LogP contribution in [0, 0.1) is 0 Å². The minimum atomic E-state index is -0.523. The fraction of sp³-hybridized carbons (Fsp3) is 0.455. The number of rotatable bonds is 9. The molecule has 2 rings (SSSR count). The third kappa shape index (κ3) is 7.10. The summed E-state index contributed by atoms with van der Waals surface area (Å²) < 4.78 is 21.4. The molecule has 0 atom stereocenters. The van der Waals surface area contributed by atoms with Crippen LogP contribution in [0.1, 0.15) is 38.3 Å². The van der Waals surface area contributed by atoms with Crippen molar-refractivity contribution < 1.29 is 23.7 Å². The SMILES string of the molecule is COc1ccc(CCCc2cncc(OCC(=O)OC(C)(C)C)c2)cc1OC. The van der Waals surface area contributed by atoms with E-state index in [0.29, 0.717) is 5.75 Å². The normalized spacial score (nSPS) is 11.0. The minimum absolute atomic E-state index is 0.131. The summed E-state index contributed by atoms with van der Waals surface area (Å²) in [5.41, 5.74) is 1.72. The van der Waals surface area contributed by atoms with Crippen LogP contribution in [0.15, 0.2) is 36.7 Å². The predicted molar refractivity (Wildman–Crippen MR) is 107 cm³/mol. The molecule has 0 unspecified atom stereocenters. The lowest BCUT2D eigenvalue weighted by Crippen LogP contribution is -2.27. The Kier molecular flexibility index (Phi) is 7.67. The van der Waals surface area contributed by atoms with Crippen LogP contribution in [-0.4, -0.2) is 37.4 Å². The van der Waals surface area contributed by atoms with Gasteiger partial charge in [-0.3, -0.25) is 4.98 Å². The predicted octanol–water partition coefficient (Wildman–Crippen LogP) is 3.99. The van der Waals surface area contributed by atoms with Crippen LogP contribution >= 0.6 is 0 Å². The molecule has 0 aliphatic rings. The van der Waals surface area contributed by atoms with E-state index in [2.05, 4.69) is 4.98 Å². The molecule has 6 heteroatoms. The number of hydrogen-bond acceptors (Lipinski definition) is 6. The summed E-state index contributed by atoms with van der Waals surface area (Å²) in [5, 5.41) is 0. The first-order chi connectivity index (χ1) is 13.3. The number of methoxy groups -OCH3 is 2. The van der Waals surface area contributed by atoms with Gasteiger partial charge in [0.05, 0.1) is 20.4 Å². The molecule has 0 saturated heterocycles. The molecule has 152 valence electrons. The van der Waals surface area contributed by atoms with Crippen LogP contribution in [0.25, 0.3) is 0 Å². The molecule has 0 spiro atoms. The summed E-state index contributed by atoms with van der Waals surface area (Å²) in [6.07, 6.45) is 6.12. The standard InChI is InChI=1S/C22H29NO5/c1-22(2,3)28-21(24)15-27-18-11-17(13-23-14-18)8-6-7-16-9-10-19(25-4)20(12-16)26-5/h9-14H,6-8,15H2,1-5H3. The maximum absolute atomic E-state index is 11.8. The van der Waals surface area contributed by atoms with E-state index in [9.17, 15) is 4.79 Å². The highest BCUT2D eigenvalue weighted by atomic mass is 16.6. The molecule has 0 saturated carbocycles. The lowest BCUT2D eigenvalue weighted by atomic mass is 10.0. The first-order valence-corrected chi connectivity index (χ1v) is 9.30. The fourth-order valence-electron chi connectivity index (χ4n) is 2.73. The number of carbonyl (C=O) groups is 1. The molecular formula is C22H29NO5. The number of aryl methyl sites for hydroxylation is 2. The third-order valence-corrected chi connectivity index (χ3v) is 3.93. The highest BCUT2D eigenvalue weighted by Gasteiger charge is 2.16. The number of ether oxygens (including phenoxy) is 4. The quantitative estimate of drug-likeness (QED) is 0.606. The zero-order valence-electron chi connectivity index (χ0n) is 17.3. The lowest BCUT2D eigenvalue weighted by molar-refractivity contribution is -0.157. The van der Waals surface area contributed by atoms with Crippen LogP contribution in [0.3, 0.4) is 0 Å². The Hall–Kier alpha value is -2.76. The Morgan fingerprint density at radius 1 is 0.964 bits per heavy atom. The van der Waals surface area contributed by atoms with E-state index in [4.69, 9.17) is 18.9 Å². The van der Waals surface area contributed by atoms with Gasteiger partial charge in [-0.1, -0.05) is 6.07 Å². The molecule has 1 aromatic heterocycles. The van der Waals surface area contributed by atoms with Crippen molar-refractivity contribution in [2.24, 2.45) is 0 Å². The van der Waals surface area contributed by atoms with E-state index in [-0.39, 0.29) is 6.61 Å². The van der Waals surface area contributed by atoms with E-state index < -0.39 is 11.6 Å². The maximum atomic E-state index is 11.8. The van der Waals surface area contributed by atoms with Crippen LogP contribution in [0.2, 0.25) is 0 Å². The van der Waals surface area contributed by atoms with Crippen molar-refractivity contribution >= 4 is 5.97 Å². The highest BCUT2D eigenvalue weighted by molar-refractivity contribution is 5.71. The Bertz CT molecular complexity index is 783. The molecule has 0 aliphatic carbocycles. The maximum Gasteiger partial charge on any atom is 0.344 e. The molecule has 6 nitrogen and oxygen atoms in total. The van der Waals surface area contributed by atoms with E-state index in [0.717, 1.165) is 36.3 Å². The first-order valence-electron chi connectivity index (χ1n) is 9.30. The summed E-state index contributed by atoms with van der Waals surface area (Å²) in [6, 6.07) is 7.87. The highest BCUT2D eigenvalue weighted by Crippen LogP contribution is 2.28. The van der Waals surface area contributed by atoms with Gasteiger partial charge in [-0.15, -0.1) is 0 Å². The second-order valence-corrected chi connectivity index (χ2v) is 7.45. The van der Waals surface area contributed by atoms with Gasteiger partial charge in [0.1, 0.15) is 11.4 Å². The minimum Gasteiger partial charge on any atom is -0.493 e. The molecule has 0 radical (unpaired) electrons. The molecule has 0 bridgehead atoms. The van der Waals surface area contributed by atoms with Crippen LogP contribution in [0.4, 0.5) is 0 Å². The number of nitrogens with zero attached hydrogens (tertiary/aromatic N) is 1. The van der Waals surface area contributed by atoms with Gasteiger partial charge in [-0.05, 0) is 69.4 Å². The molecule has 1 aromatic carbocycles. The fourth-order valence-corrected chi connectivity index (χ4v) is 2.73. The van der Waals surface area contributed by atoms with Crippen molar-refractivity contribution in [3.8, 4) is 17.2 Å². The van der Waals surface area contributed by atoms with Crippen LogP contribution in [-0.2, 0) is 22.4 Å². The first kappa shape index (κ1) is 21.5. The third-order valence-electron chi connectivity index (χ3n) is 3.93. The number of pyridine rings is 1. The van der Waals surface area contributed by atoms with Crippen molar-refractivity contribution in [2.45, 2.75) is 45.6 Å². The van der Waals surface area contributed by atoms with Crippen LogP contribution in [0.5, 0.6) is 17.2 Å². The smallest absolute Gasteiger partial charge is 0.344 e. The van der Waals surface area contributed by atoms with Crippen molar-refractivity contribution in [2.75, 3.05) is 20.8 Å². The van der Waals surface area contributed by atoms with E-state index >= 15 is 0 Å². The van der Waals surface area contributed by atoms with Gasteiger partial charge in [0.25, 0.3) is 0 Å². The average molecular weight is 387 g/mol. The van der Waals surface area contributed by atoms with Gasteiger partial charge in [0.2, 0.25) is 0 Å². The molecule has 0 N–H and O–H groups in total. The van der Waals surface area contributed by atoms with Crippen molar-refractivity contribution in [1.29, 1.82) is 0 Å². The largest absolute Gasteiger partial charge is 0.493 e. The topological polar surface area (TPSA) is 66.9 Å². The van der Waals surface area contributed by atoms with E-state index in [1.165, 1.54) is 5.56 Å². The van der Waals surface area contributed by atoms with Gasteiger partial charge in [0, 0.05) is 6.20 Å². The Labute approximate surface area is 166 Å². The average Bonchev–Trinajstić information content (AvgIpc) is 2.65. The van der Waals surface area contributed by atoms with E-state index in [1.54, 1.807) is 20.4 Å². The Morgan fingerprint density at radius 3 is 2.36 bits per heavy atom. The van der Waals surface area contributed by atoms with Crippen molar-refractivity contribution in [3.63, 3.8) is 0 Å². The van der Waals surface area contributed by atoms with Gasteiger partial charge < -0.3 is 18.9 Å². The zero-order chi connectivity index (χ0) is 20.6. The summed E-state index contributed by atoms with van der Waals surface area (Å²) in [7, 11) is 3.26. The number of hydrogen-bond donors (Lipinski definition) is 0. The molecule has 0 amide bonds. The van der Waals surface area contributed by atoms with Gasteiger partial charge in [-0.25, -0.2) is 4.79 Å². The van der Waals surface area contributed by atoms with Gasteiger partial charge in [0.15, 0.2) is 18.1 Å². The van der Waals surface area contributed by atoms with E-state index in [1.807, 2.05) is 51.2 Å². The molecule has 0 fully saturated rings. The molecule has 0 aliphatic heterocycles. The van der Waals surface area contributed by atoms with Crippen LogP contribution < -0.4 is 14.2 Å². The van der Waals surface area contributed by atoms with Gasteiger partial charge in [-0.2, -0.15) is 0 Å². The van der Waals surface area contributed by atoms with Crippen molar-refractivity contribution in [1.82, 2.24) is 4.98 Å². The Balaban J connectivity index is 1.85. The molecule has 2 aromatic rings. The monoisotopic (exact) mass is 387 g/mol. The number of esters is 1. The zero-order valence-corrected chi connectivity index (χ0v) is 17.3. The summed E-state index contributed by atoms with van der Waals surface area (Å²) in [4.78, 5) is 16.0. The molecule has 1 heterocycles. The summed E-state index contributed by atoms with van der Waals surface area (Å²) in [5.74, 6) is 1.63. The number of aromatic nitrogens is 1. The number of carbonyl (C=O) groups excluding carboxylic acids is 1. The lowest BCUT2D eigenvalue weighted by Gasteiger charge is -2.19. The van der Waals surface area contributed by atoms with Gasteiger partial charge >= 0.3 is 5.97 Å². The second kappa shape index (κ2) is 9.97.